The molecule has 1 heterocycles. The molecule has 1 amide bonds. The molecule has 8 nitrogen and oxygen atoms in total. The topological polar surface area (TPSA) is 110 Å². The van der Waals surface area contributed by atoms with Crippen molar-refractivity contribution in [3.63, 3.8) is 0 Å². The SMILES string of the molecule is CCC(=O)Nc1ccc(C(=O)COC(=O)C2CCCN2S(=O)(=O)c2ccc(C)cc2)cc1. The zero-order valence-corrected chi connectivity index (χ0v) is 18.9. The van der Waals surface area contributed by atoms with E-state index in [0.717, 1.165) is 9.87 Å². The number of Topliss-reactive ketones (excluding diaryl/α,β-unsaturated/α-hetero) is 1. The van der Waals surface area contributed by atoms with Gasteiger partial charge in [0.2, 0.25) is 15.9 Å². The number of carbonyl (C=O) groups excluding carboxylic acids is 3. The summed E-state index contributed by atoms with van der Waals surface area (Å²) in [5, 5.41) is 2.68. The molecular formula is C23H26N2O6S. The van der Waals surface area contributed by atoms with E-state index in [-0.39, 0.29) is 17.3 Å². The minimum absolute atomic E-state index is 0.120. The van der Waals surface area contributed by atoms with E-state index in [4.69, 9.17) is 4.74 Å². The van der Waals surface area contributed by atoms with Gasteiger partial charge in [-0.25, -0.2) is 8.42 Å². The number of nitrogens with zero attached hydrogens (tertiary/aromatic N) is 1. The Hall–Kier alpha value is -3.04. The molecule has 1 unspecified atom stereocenters. The number of amides is 1. The van der Waals surface area contributed by atoms with Gasteiger partial charge in [-0.05, 0) is 56.2 Å². The highest BCUT2D eigenvalue weighted by Crippen LogP contribution is 2.27. The van der Waals surface area contributed by atoms with Crippen LogP contribution in [-0.4, -0.2) is 49.6 Å². The number of anilines is 1. The lowest BCUT2D eigenvalue weighted by molar-refractivity contribution is -0.146. The average Bonchev–Trinajstić information content (AvgIpc) is 3.29. The van der Waals surface area contributed by atoms with Gasteiger partial charge in [0.15, 0.2) is 12.4 Å². The average molecular weight is 459 g/mol. The molecule has 0 spiro atoms. The van der Waals surface area contributed by atoms with Gasteiger partial charge in [0.25, 0.3) is 0 Å². The first kappa shape index (κ1) is 23.6. The molecular weight excluding hydrogens is 432 g/mol. The highest BCUT2D eigenvalue weighted by atomic mass is 32.2. The van der Waals surface area contributed by atoms with Crippen LogP contribution in [0.25, 0.3) is 0 Å². The number of benzene rings is 2. The third kappa shape index (κ3) is 5.41. The first-order valence-corrected chi connectivity index (χ1v) is 11.8. The maximum absolute atomic E-state index is 13.0. The fraction of sp³-hybridized carbons (Fsp3) is 0.348. The van der Waals surface area contributed by atoms with Crippen LogP contribution in [0, 0.1) is 6.92 Å². The first-order chi connectivity index (χ1) is 15.2. The lowest BCUT2D eigenvalue weighted by Crippen LogP contribution is -2.41. The van der Waals surface area contributed by atoms with Gasteiger partial charge in [-0.1, -0.05) is 24.6 Å². The molecule has 1 aliphatic heterocycles. The minimum Gasteiger partial charge on any atom is -0.456 e. The molecule has 1 atom stereocenters. The fourth-order valence-corrected chi connectivity index (χ4v) is 5.06. The highest BCUT2D eigenvalue weighted by molar-refractivity contribution is 7.89. The summed E-state index contributed by atoms with van der Waals surface area (Å²) in [7, 11) is -3.84. The summed E-state index contributed by atoms with van der Waals surface area (Å²) in [6.07, 6.45) is 1.21. The standard InChI is InChI=1S/C23H26N2O6S/c1-3-22(27)24-18-10-8-17(9-11-18)21(26)15-31-23(28)20-5-4-14-25(20)32(29,30)19-12-6-16(2)7-13-19/h6-13,20H,3-5,14-15H2,1-2H3,(H,24,27). The number of nitrogens with one attached hydrogen (secondary N) is 1. The van der Waals surface area contributed by atoms with Crippen molar-refractivity contribution in [3.05, 3.63) is 59.7 Å². The predicted octanol–water partition coefficient (Wildman–Crippen LogP) is 2.92. The van der Waals surface area contributed by atoms with Crippen molar-refractivity contribution < 1.29 is 27.5 Å². The maximum Gasteiger partial charge on any atom is 0.324 e. The summed E-state index contributed by atoms with van der Waals surface area (Å²) in [6, 6.07) is 11.7. The molecule has 9 heteroatoms. The van der Waals surface area contributed by atoms with Crippen LogP contribution < -0.4 is 5.32 Å². The second-order valence-corrected chi connectivity index (χ2v) is 9.49. The van der Waals surface area contributed by atoms with Crippen molar-refractivity contribution in [1.29, 1.82) is 0 Å². The molecule has 2 aromatic carbocycles. The molecule has 32 heavy (non-hydrogen) atoms. The number of aryl methyl sites for hydroxylation is 1. The largest absolute Gasteiger partial charge is 0.456 e. The van der Waals surface area contributed by atoms with Crippen molar-refractivity contribution in [2.24, 2.45) is 0 Å². The Bertz CT molecular complexity index is 1090. The van der Waals surface area contributed by atoms with Crippen molar-refractivity contribution in [2.45, 2.75) is 44.0 Å². The number of hydrogen-bond acceptors (Lipinski definition) is 6. The van der Waals surface area contributed by atoms with Gasteiger partial charge in [-0.3, -0.25) is 14.4 Å². The zero-order valence-electron chi connectivity index (χ0n) is 18.0. The number of ether oxygens (including phenoxy) is 1. The summed E-state index contributed by atoms with van der Waals surface area (Å²) in [5.74, 6) is -1.30. The van der Waals surface area contributed by atoms with Gasteiger partial charge < -0.3 is 10.1 Å². The van der Waals surface area contributed by atoms with Gasteiger partial charge in [0.05, 0.1) is 4.90 Å². The van der Waals surface area contributed by atoms with E-state index >= 15 is 0 Å². The summed E-state index contributed by atoms with van der Waals surface area (Å²) in [4.78, 5) is 36.5. The number of rotatable bonds is 8. The van der Waals surface area contributed by atoms with Crippen LogP contribution in [0.5, 0.6) is 0 Å². The van der Waals surface area contributed by atoms with Gasteiger partial charge in [-0.15, -0.1) is 0 Å². The molecule has 2 aromatic rings. The lowest BCUT2D eigenvalue weighted by atomic mass is 10.1. The van der Waals surface area contributed by atoms with E-state index in [1.54, 1.807) is 31.2 Å². The Kier molecular flexibility index (Phi) is 7.42. The summed E-state index contributed by atoms with van der Waals surface area (Å²) >= 11 is 0. The van der Waals surface area contributed by atoms with Crippen molar-refractivity contribution in [1.82, 2.24) is 4.31 Å². The number of sulfonamides is 1. The predicted molar refractivity (Wildman–Crippen MR) is 119 cm³/mol. The van der Waals surface area contributed by atoms with E-state index in [0.29, 0.717) is 30.5 Å². The molecule has 170 valence electrons. The van der Waals surface area contributed by atoms with Crippen molar-refractivity contribution >= 4 is 33.4 Å². The molecule has 1 fully saturated rings. The van der Waals surface area contributed by atoms with Gasteiger partial charge in [-0.2, -0.15) is 4.31 Å². The minimum atomic E-state index is -3.84. The van der Waals surface area contributed by atoms with Crippen LogP contribution in [-0.2, 0) is 24.3 Å². The maximum atomic E-state index is 13.0. The normalized spacial score (nSPS) is 16.5. The number of hydrogen-bond donors (Lipinski definition) is 1. The molecule has 0 bridgehead atoms. The quantitative estimate of drug-likeness (QED) is 0.481. The second-order valence-electron chi connectivity index (χ2n) is 7.60. The van der Waals surface area contributed by atoms with E-state index < -0.39 is 34.4 Å². The number of esters is 1. The van der Waals surface area contributed by atoms with Crippen LogP contribution in [0.4, 0.5) is 5.69 Å². The van der Waals surface area contributed by atoms with Crippen LogP contribution >= 0.6 is 0 Å². The highest BCUT2D eigenvalue weighted by Gasteiger charge is 2.40. The van der Waals surface area contributed by atoms with Crippen LogP contribution in [0.2, 0.25) is 0 Å². The van der Waals surface area contributed by atoms with E-state index in [9.17, 15) is 22.8 Å². The molecule has 1 N–H and O–H groups in total. The van der Waals surface area contributed by atoms with E-state index in [1.165, 1.54) is 24.3 Å². The molecule has 1 aliphatic rings. The van der Waals surface area contributed by atoms with Crippen LogP contribution in [0.1, 0.15) is 42.1 Å². The molecule has 0 aromatic heterocycles. The smallest absolute Gasteiger partial charge is 0.324 e. The molecule has 0 radical (unpaired) electrons. The lowest BCUT2D eigenvalue weighted by Gasteiger charge is -2.22. The van der Waals surface area contributed by atoms with Crippen molar-refractivity contribution in [3.8, 4) is 0 Å². The second kappa shape index (κ2) is 10.1. The third-order valence-electron chi connectivity index (χ3n) is 5.26. The van der Waals surface area contributed by atoms with Crippen LogP contribution in [0.15, 0.2) is 53.4 Å². The number of ketones is 1. The molecule has 0 saturated carbocycles. The molecule has 1 saturated heterocycles. The Balaban J connectivity index is 1.62. The van der Waals surface area contributed by atoms with Gasteiger partial charge in [0.1, 0.15) is 6.04 Å². The summed E-state index contributed by atoms with van der Waals surface area (Å²) in [5.41, 5.74) is 1.82. The third-order valence-corrected chi connectivity index (χ3v) is 7.18. The fourth-order valence-electron chi connectivity index (χ4n) is 3.41. The van der Waals surface area contributed by atoms with Gasteiger partial charge in [0, 0.05) is 24.2 Å². The Morgan fingerprint density at radius 1 is 1.06 bits per heavy atom. The summed E-state index contributed by atoms with van der Waals surface area (Å²) < 4.78 is 32.3. The van der Waals surface area contributed by atoms with Crippen molar-refractivity contribution in [2.75, 3.05) is 18.5 Å². The van der Waals surface area contributed by atoms with E-state index in [2.05, 4.69) is 5.32 Å². The van der Waals surface area contributed by atoms with Gasteiger partial charge >= 0.3 is 5.97 Å². The zero-order chi connectivity index (χ0) is 23.3. The Labute approximate surface area is 187 Å². The number of carbonyl (C=O) groups is 3. The first-order valence-electron chi connectivity index (χ1n) is 10.4. The van der Waals surface area contributed by atoms with E-state index in [1.807, 2.05) is 6.92 Å². The Morgan fingerprint density at radius 2 is 1.72 bits per heavy atom. The summed E-state index contributed by atoms with van der Waals surface area (Å²) in [6.45, 7) is 3.32. The monoisotopic (exact) mass is 458 g/mol. The van der Waals surface area contributed by atoms with Crippen LogP contribution in [0.3, 0.4) is 0 Å². The Morgan fingerprint density at radius 3 is 2.34 bits per heavy atom. The molecule has 3 rings (SSSR count). The molecule has 0 aliphatic carbocycles.